The SMILES string of the molecule is COc1cc2cc(C)[nH]c2cc1N1CCNCC1. The van der Waals surface area contributed by atoms with E-state index in [0.717, 1.165) is 31.9 Å². The summed E-state index contributed by atoms with van der Waals surface area (Å²) in [5, 5.41) is 4.58. The standard InChI is InChI=1S/C14H19N3O/c1-10-7-11-8-14(18-2)13(9-12(11)16-10)17-5-3-15-4-6-17/h7-9,15-16H,3-6H2,1-2H3. The lowest BCUT2D eigenvalue weighted by Gasteiger charge is -2.30. The van der Waals surface area contributed by atoms with Crippen LogP contribution >= 0.6 is 0 Å². The Hall–Kier alpha value is -1.68. The zero-order chi connectivity index (χ0) is 12.5. The Morgan fingerprint density at radius 2 is 1.94 bits per heavy atom. The fraction of sp³-hybridized carbons (Fsp3) is 0.429. The van der Waals surface area contributed by atoms with Crippen molar-refractivity contribution < 1.29 is 4.74 Å². The molecule has 1 aromatic carbocycles. The van der Waals surface area contributed by atoms with Crippen molar-refractivity contribution in [2.45, 2.75) is 6.92 Å². The van der Waals surface area contributed by atoms with E-state index in [1.807, 2.05) is 0 Å². The number of H-pyrrole nitrogens is 1. The summed E-state index contributed by atoms with van der Waals surface area (Å²) < 4.78 is 5.54. The van der Waals surface area contributed by atoms with E-state index in [4.69, 9.17) is 4.74 Å². The topological polar surface area (TPSA) is 40.3 Å². The molecule has 1 aliphatic rings. The normalized spacial score (nSPS) is 16.2. The lowest BCUT2D eigenvalue weighted by Crippen LogP contribution is -2.43. The molecule has 3 rings (SSSR count). The first-order valence-electron chi connectivity index (χ1n) is 6.41. The molecule has 4 heteroatoms. The van der Waals surface area contributed by atoms with Crippen LogP contribution in [-0.4, -0.2) is 38.3 Å². The second-order valence-corrected chi connectivity index (χ2v) is 4.80. The maximum absolute atomic E-state index is 5.54. The van der Waals surface area contributed by atoms with Crippen LogP contribution in [0.2, 0.25) is 0 Å². The maximum Gasteiger partial charge on any atom is 0.142 e. The molecule has 2 aromatic rings. The fourth-order valence-corrected chi connectivity index (χ4v) is 2.61. The van der Waals surface area contributed by atoms with Gasteiger partial charge in [-0.3, -0.25) is 0 Å². The predicted molar refractivity (Wildman–Crippen MR) is 74.7 cm³/mol. The van der Waals surface area contributed by atoms with E-state index >= 15 is 0 Å². The molecule has 0 aliphatic carbocycles. The van der Waals surface area contributed by atoms with Crippen molar-refractivity contribution in [2.24, 2.45) is 0 Å². The zero-order valence-electron chi connectivity index (χ0n) is 10.9. The minimum Gasteiger partial charge on any atom is -0.495 e. The van der Waals surface area contributed by atoms with E-state index in [0.29, 0.717) is 0 Å². The van der Waals surface area contributed by atoms with Gasteiger partial charge in [0, 0.05) is 42.8 Å². The van der Waals surface area contributed by atoms with Crippen LogP contribution in [0, 0.1) is 6.92 Å². The van der Waals surface area contributed by atoms with Gasteiger partial charge in [-0.2, -0.15) is 0 Å². The van der Waals surface area contributed by atoms with Crippen molar-refractivity contribution in [3.63, 3.8) is 0 Å². The fourth-order valence-electron chi connectivity index (χ4n) is 2.61. The van der Waals surface area contributed by atoms with Crippen LogP contribution in [0.3, 0.4) is 0 Å². The highest BCUT2D eigenvalue weighted by atomic mass is 16.5. The predicted octanol–water partition coefficient (Wildman–Crippen LogP) is 1.89. The number of rotatable bonds is 2. The molecular weight excluding hydrogens is 226 g/mol. The molecule has 0 bridgehead atoms. The molecule has 0 amide bonds. The molecule has 2 N–H and O–H groups in total. The number of nitrogens with zero attached hydrogens (tertiary/aromatic N) is 1. The Bertz CT molecular complexity index is 555. The van der Waals surface area contributed by atoms with E-state index in [9.17, 15) is 0 Å². The summed E-state index contributed by atoms with van der Waals surface area (Å²) in [6.07, 6.45) is 0. The molecule has 0 spiro atoms. The Labute approximate surface area is 107 Å². The number of aromatic amines is 1. The Balaban J connectivity index is 2.07. The minimum absolute atomic E-state index is 0.961. The van der Waals surface area contributed by atoms with Crippen LogP contribution in [0.5, 0.6) is 5.75 Å². The van der Waals surface area contributed by atoms with Crippen LogP contribution in [0.4, 0.5) is 5.69 Å². The first kappa shape index (κ1) is 11.4. The first-order valence-corrected chi connectivity index (χ1v) is 6.41. The summed E-state index contributed by atoms with van der Waals surface area (Å²) >= 11 is 0. The highest BCUT2D eigenvalue weighted by Crippen LogP contribution is 2.33. The molecular formula is C14H19N3O. The van der Waals surface area contributed by atoms with Crippen LogP contribution in [0.15, 0.2) is 18.2 Å². The highest BCUT2D eigenvalue weighted by molar-refractivity contribution is 5.87. The van der Waals surface area contributed by atoms with Gasteiger partial charge in [-0.25, -0.2) is 0 Å². The van der Waals surface area contributed by atoms with Crippen molar-refractivity contribution in [3.8, 4) is 5.75 Å². The summed E-state index contributed by atoms with van der Waals surface area (Å²) in [6, 6.07) is 6.47. The van der Waals surface area contributed by atoms with Gasteiger partial charge in [0.25, 0.3) is 0 Å². The van der Waals surface area contributed by atoms with Crippen LogP contribution < -0.4 is 15.0 Å². The molecule has 96 valence electrons. The summed E-state index contributed by atoms with van der Waals surface area (Å²) in [6.45, 7) is 6.20. The van der Waals surface area contributed by atoms with Crippen molar-refractivity contribution in [3.05, 3.63) is 23.9 Å². The molecule has 0 atom stereocenters. The van der Waals surface area contributed by atoms with Gasteiger partial charge in [0.15, 0.2) is 0 Å². The number of anilines is 1. The molecule has 1 fully saturated rings. The Kier molecular flexibility index (Phi) is 2.88. The van der Waals surface area contributed by atoms with E-state index in [2.05, 4.69) is 40.3 Å². The van der Waals surface area contributed by atoms with Crippen molar-refractivity contribution in [1.82, 2.24) is 10.3 Å². The molecule has 4 nitrogen and oxygen atoms in total. The lowest BCUT2D eigenvalue weighted by atomic mass is 10.2. The zero-order valence-corrected chi connectivity index (χ0v) is 10.9. The molecule has 0 saturated carbocycles. The van der Waals surface area contributed by atoms with Crippen LogP contribution in [-0.2, 0) is 0 Å². The average molecular weight is 245 g/mol. The molecule has 0 radical (unpaired) electrons. The van der Waals surface area contributed by atoms with Gasteiger partial charge in [0.2, 0.25) is 0 Å². The van der Waals surface area contributed by atoms with E-state index in [-0.39, 0.29) is 0 Å². The number of ether oxygens (including phenoxy) is 1. The second kappa shape index (κ2) is 4.53. The van der Waals surface area contributed by atoms with Crippen molar-refractivity contribution in [2.75, 3.05) is 38.2 Å². The number of nitrogens with one attached hydrogen (secondary N) is 2. The van der Waals surface area contributed by atoms with Crippen LogP contribution in [0.25, 0.3) is 10.9 Å². The first-order chi connectivity index (χ1) is 8.78. The number of piperazine rings is 1. The molecule has 1 aromatic heterocycles. The second-order valence-electron chi connectivity index (χ2n) is 4.80. The monoisotopic (exact) mass is 245 g/mol. The van der Waals surface area contributed by atoms with Crippen molar-refractivity contribution >= 4 is 16.6 Å². The minimum atomic E-state index is 0.961. The van der Waals surface area contributed by atoms with Gasteiger partial charge in [0.05, 0.1) is 12.8 Å². The van der Waals surface area contributed by atoms with Gasteiger partial charge in [-0.15, -0.1) is 0 Å². The van der Waals surface area contributed by atoms with Gasteiger partial charge < -0.3 is 19.9 Å². The summed E-state index contributed by atoms with van der Waals surface area (Å²) in [7, 11) is 1.74. The molecule has 0 unspecified atom stereocenters. The largest absolute Gasteiger partial charge is 0.495 e. The third-order valence-electron chi connectivity index (χ3n) is 3.51. The van der Waals surface area contributed by atoms with Gasteiger partial charge >= 0.3 is 0 Å². The van der Waals surface area contributed by atoms with Gasteiger partial charge in [-0.05, 0) is 25.1 Å². The Morgan fingerprint density at radius 1 is 1.17 bits per heavy atom. The number of hydrogen-bond acceptors (Lipinski definition) is 3. The van der Waals surface area contributed by atoms with Gasteiger partial charge in [0.1, 0.15) is 5.75 Å². The van der Waals surface area contributed by atoms with E-state index < -0.39 is 0 Å². The number of aryl methyl sites for hydroxylation is 1. The van der Waals surface area contributed by atoms with Crippen molar-refractivity contribution in [1.29, 1.82) is 0 Å². The Morgan fingerprint density at radius 3 is 2.67 bits per heavy atom. The quantitative estimate of drug-likeness (QED) is 0.849. The molecule has 18 heavy (non-hydrogen) atoms. The van der Waals surface area contributed by atoms with Crippen LogP contribution in [0.1, 0.15) is 5.69 Å². The van der Waals surface area contributed by atoms with Gasteiger partial charge in [-0.1, -0.05) is 0 Å². The maximum atomic E-state index is 5.54. The third kappa shape index (κ3) is 1.93. The molecule has 1 aliphatic heterocycles. The number of aromatic nitrogens is 1. The number of benzene rings is 1. The summed E-state index contributed by atoms with van der Waals surface area (Å²) in [5.74, 6) is 0.961. The molecule has 2 heterocycles. The van der Waals surface area contributed by atoms with E-state index in [1.54, 1.807) is 7.11 Å². The summed E-state index contributed by atoms with van der Waals surface area (Å²) in [4.78, 5) is 5.77. The molecule has 1 saturated heterocycles. The number of hydrogen-bond donors (Lipinski definition) is 2. The number of fused-ring (bicyclic) bond motifs is 1. The van der Waals surface area contributed by atoms with E-state index in [1.165, 1.54) is 22.3 Å². The smallest absolute Gasteiger partial charge is 0.142 e. The third-order valence-corrected chi connectivity index (χ3v) is 3.51. The highest BCUT2D eigenvalue weighted by Gasteiger charge is 2.16. The lowest BCUT2D eigenvalue weighted by molar-refractivity contribution is 0.413. The number of methoxy groups -OCH3 is 1. The average Bonchev–Trinajstić information content (AvgIpc) is 2.77. The summed E-state index contributed by atoms with van der Waals surface area (Å²) in [5.41, 5.74) is 3.56.